The first kappa shape index (κ1) is 18.2. The first-order chi connectivity index (χ1) is 12.4. The molecular formula is C19H25F2N3OS. The third-order valence-corrected chi connectivity index (χ3v) is 7.08. The lowest BCUT2D eigenvalue weighted by atomic mass is 9.81. The molecule has 1 aromatic heterocycles. The molecule has 2 aliphatic rings. The number of aryl methyl sites for hydroxylation is 2. The molecule has 1 aromatic carbocycles. The molecule has 4 rings (SSSR count). The van der Waals surface area contributed by atoms with E-state index in [4.69, 9.17) is 4.42 Å². The summed E-state index contributed by atoms with van der Waals surface area (Å²) < 4.78 is 33.9. The van der Waals surface area contributed by atoms with Crippen LogP contribution in [0.15, 0.2) is 16.5 Å². The number of thioether (sulfide) groups is 1. The van der Waals surface area contributed by atoms with Crippen LogP contribution in [-0.4, -0.2) is 22.3 Å². The Morgan fingerprint density at radius 1 is 1.31 bits per heavy atom. The zero-order valence-electron chi connectivity index (χ0n) is 15.2. The highest BCUT2D eigenvalue weighted by Gasteiger charge is 2.48. The Hall–Kier alpha value is -1.18. The summed E-state index contributed by atoms with van der Waals surface area (Å²) in [7, 11) is 0. The van der Waals surface area contributed by atoms with Crippen molar-refractivity contribution in [1.29, 1.82) is 0 Å². The van der Waals surface area contributed by atoms with Crippen LogP contribution in [0, 0.1) is 19.8 Å². The fraction of sp³-hybridized carbons (Fsp3) is 0.632. The number of benzene rings is 1. The summed E-state index contributed by atoms with van der Waals surface area (Å²) in [5, 5.41) is 0. The standard InChI is InChI=1S/C19H25F2N3OS/c1-12-8-13(2)17-15(9-12)23-16(25-17)11-26-19(6-7-22-24-19)14-4-3-5-18(20,21)10-14/h8-9,14,22,24H,3-7,10-11H2,1-2H3. The summed E-state index contributed by atoms with van der Waals surface area (Å²) in [4.78, 5) is 4.24. The van der Waals surface area contributed by atoms with Crippen molar-refractivity contribution in [3.05, 3.63) is 29.2 Å². The van der Waals surface area contributed by atoms with Crippen molar-refractivity contribution in [3.8, 4) is 0 Å². The summed E-state index contributed by atoms with van der Waals surface area (Å²) >= 11 is 1.65. The molecule has 7 heteroatoms. The Bertz CT molecular complexity index is 801. The van der Waals surface area contributed by atoms with Gasteiger partial charge in [-0.2, -0.15) is 0 Å². The molecule has 0 radical (unpaired) electrons. The number of oxazole rings is 1. The van der Waals surface area contributed by atoms with Crippen molar-refractivity contribution < 1.29 is 13.2 Å². The Balaban J connectivity index is 1.53. The first-order valence-corrected chi connectivity index (χ1v) is 10.2. The van der Waals surface area contributed by atoms with Gasteiger partial charge in [0.15, 0.2) is 5.58 Å². The number of halogens is 2. The Kier molecular flexibility index (Phi) is 4.73. The van der Waals surface area contributed by atoms with Crippen LogP contribution in [0.2, 0.25) is 0 Å². The normalized spacial score (nSPS) is 28.7. The molecule has 142 valence electrons. The molecule has 2 fully saturated rings. The number of hydrogen-bond donors (Lipinski definition) is 2. The van der Waals surface area contributed by atoms with Gasteiger partial charge < -0.3 is 4.42 Å². The molecule has 2 unspecified atom stereocenters. The SMILES string of the molecule is Cc1cc(C)c2oc(CSC3(C4CCCC(F)(F)C4)CCNN3)nc2c1. The molecule has 1 saturated heterocycles. The average Bonchev–Trinajstić information content (AvgIpc) is 3.19. The second-order valence-electron chi connectivity index (χ2n) is 7.67. The highest BCUT2D eigenvalue weighted by molar-refractivity contribution is 7.99. The van der Waals surface area contributed by atoms with E-state index in [0.717, 1.165) is 41.6 Å². The van der Waals surface area contributed by atoms with Crippen molar-refractivity contribution in [2.45, 2.75) is 62.5 Å². The third kappa shape index (κ3) is 3.49. The molecule has 26 heavy (non-hydrogen) atoms. The van der Waals surface area contributed by atoms with Gasteiger partial charge in [0.25, 0.3) is 0 Å². The summed E-state index contributed by atoms with van der Waals surface area (Å²) in [6, 6.07) is 4.10. The molecule has 1 saturated carbocycles. The minimum absolute atomic E-state index is 0.0153. The molecule has 1 aliphatic carbocycles. The first-order valence-electron chi connectivity index (χ1n) is 9.25. The lowest BCUT2D eigenvalue weighted by Crippen LogP contribution is -2.50. The fourth-order valence-electron chi connectivity index (χ4n) is 4.30. The number of nitrogens with zero attached hydrogens (tertiary/aromatic N) is 1. The van der Waals surface area contributed by atoms with Crippen LogP contribution in [0.4, 0.5) is 8.78 Å². The summed E-state index contributed by atoms with van der Waals surface area (Å²) in [5.41, 5.74) is 10.4. The van der Waals surface area contributed by atoms with Crippen LogP contribution in [0.3, 0.4) is 0 Å². The number of hydrogen-bond acceptors (Lipinski definition) is 5. The van der Waals surface area contributed by atoms with Crippen molar-refractivity contribution in [2.24, 2.45) is 5.92 Å². The van der Waals surface area contributed by atoms with Gasteiger partial charge in [0.2, 0.25) is 11.8 Å². The summed E-state index contributed by atoms with van der Waals surface area (Å²) in [6.45, 7) is 4.86. The lowest BCUT2D eigenvalue weighted by Gasteiger charge is -2.41. The van der Waals surface area contributed by atoms with E-state index in [2.05, 4.69) is 21.9 Å². The Morgan fingerprint density at radius 3 is 2.88 bits per heavy atom. The number of nitrogens with one attached hydrogen (secondary N) is 2. The predicted molar refractivity (Wildman–Crippen MR) is 100 cm³/mol. The minimum Gasteiger partial charge on any atom is -0.440 e. The molecular weight excluding hydrogens is 356 g/mol. The summed E-state index contributed by atoms with van der Waals surface area (Å²) in [5.74, 6) is -1.37. The molecule has 2 heterocycles. The number of rotatable bonds is 4. The van der Waals surface area contributed by atoms with Gasteiger partial charge in [-0.15, -0.1) is 11.8 Å². The number of alkyl halides is 2. The molecule has 0 spiro atoms. The molecule has 2 aromatic rings. The van der Waals surface area contributed by atoms with Crippen molar-refractivity contribution in [3.63, 3.8) is 0 Å². The minimum atomic E-state index is -2.55. The van der Waals surface area contributed by atoms with E-state index in [1.165, 1.54) is 0 Å². The van der Waals surface area contributed by atoms with Gasteiger partial charge in [-0.1, -0.05) is 6.07 Å². The van der Waals surface area contributed by atoms with E-state index in [1.807, 2.05) is 19.9 Å². The zero-order valence-corrected chi connectivity index (χ0v) is 16.0. The van der Waals surface area contributed by atoms with E-state index in [0.29, 0.717) is 18.1 Å². The highest BCUT2D eigenvalue weighted by Crippen LogP contribution is 2.48. The largest absolute Gasteiger partial charge is 0.440 e. The van der Waals surface area contributed by atoms with Crippen molar-refractivity contribution >= 4 is 22.9 Å². The molecule has 0 bridgehead atoms. The highest BCUT2D eigenvalue weighted by atomic mass is 32.2. The van der Waals surface area contributed by atoms with Crippen LogP contribution >= 0.6 is 11.8 Å². The zero-order chi connectivity index (χ0) is 18.4. The lowest BCUT2D eigenvalue weighted by molar-refractivity contribution is -0.0599. The summed E-state index contributed by atoms with van der Waals surface area (Å²) in [6.07, 6.45) is 2.23. The maximum absolute atomic E-state index is 14.0. The molecule has 2 N–H and O–H groups in total. The molecule has 2 atom stereocenters. The van der Waals surface area contributed by atoms with Gasteiger partial charge >= 0.3 is 0 Å². The maximum atomic E-state index is 14.0. The smallest absolute Gasteiger partial charge is 0.248 e. The molecule has 1 aliphatic heterocycles. The number of aromatic nitrogens is 1. The monoisotopic (exact) mass is 381 g/mol. The maximum Gasteiger partial charge on any atom is 0.248 e. The quantitative estimate of drug-likeness (QED) is 0.804. The topological polar surface area (TPSA) is 50.1 Å². The van der Waals surface area contributed by atoms with E-state index in [-0.39, 0.29) is 23.6 Å². The van der Waals surface area contributed by atoms with Crippen LogP contribution in [0.1, 0.15) is 49.1 Å². The van der Waals surface area contributed by atoms with Gasteiger partial charge in [0, 0.05) is 19.4 Å². The van der Waals surface area contributed by atoms with E-state index in [9.17, 15) is 8.78 Å². The number of fused-ring (bicyclic) bond motifs is 1. The van der Waals surface area contributed by atoms with Gasteiger partial charge in [-0.3, -0.25) is 5.43 Å². The van der Waals surface area contributed by atoms with Crippen molar-refractivity contribution in [1.82, 2.24) is 15.8 Å². The van der Waals surface area contributed by atoms with Gasteiger partial charge in [-0.05, 0) is 56.2 Å². The fourth-order valence-corrected chi connectivity index (χ4v) is 5.63. The van der Waals surface area contributed by atoms with E-state index >= 15 is 0 Å². The van der Waals surface area contributed by atoms with Crippen molar-refractivity contribution in [2.75, 3.05) is 6.54 Å². The van der Waals surface area contributed by atoms with Gasteiger partial charge in [0.1, 0.15) is 5.52 Å². The van der Waals surface area contributed by atoms with Gasteiger partial charge in [-0.25, -0.2) is 19.2 Å². The van der Waals surface area contributed by atoms with Crippen LogP contribution < -0.4 is 10.9 Å². The van der Waals surface area contributed by atoms with Crippen LogP contribution in [-0.2, 0) is 5.75 Å². The van der Waals surface area contributed by atoms with E-state index < -0.39 is 5.92 Å². The predicted octanol–water partition coefficient (Wildman–Crippen LogP) is 4.70. The second kappa shape index (κ2) is 6.77. The van der Waals surface area contributed by atoms with Gasteiger partial charge in [0.05, 0.1) is 10.6 Å². The number of hydrazine groups is 1. The molecule has 4 nitrogen and oxygen atoms in total. The second-order valence-corrected chi connectivity index (χ2v) is 8.97. The van der Waals surface area contributed by atoms with Crippen LogP contribution in [0.25, 0.3) is 11.1 Å². The Labute approximate surface area is 156 Å². The molecule has 0 amide bonds. The van der Waals surface area contributed by atoms with E-state index in [1.54, 1.807) is 11.8 Å². The Morgan fingerprint density at radius 2 is 2.15 bits per heavy atom. The van der Waals surface area contributed by atoms with Crippen LogP contribution in [0.5, 0.6) is 0 Å². The average molecular weight is 381 g/mol. The third-order valence-electron chi connectivity index (χ3n) is 5.54.